The molecule has 1 aromatic carbocycles. The van der Waals surface area contributed by atoms with Crippen LogP contribution in [0.5, 0.6) is 0 Å². The smallest absolute Gasteiger partial charge is 0.108 e. The van der Waals surface area contributed by atoms with Crippen molar-refractivity contribution in [3.63, 3.8) is 0 Å². The highest BCUT2D eigenvalue weighted by molar-refractivity contribution is 6.19. The zero-order chi connectivity index (χ0) is 9.68. The number of aliphatic hydroxyl groups is 1. The van der Waals surface area contributed by atoms with E-state index < -0.39 is 0 Å². The van der Waals surface area contributed by atoms with Crippen LogP contribution in [0.4, 0.5) is 5.69 Å². The van der Waals surface area contributed by atoms with E-state index in [-0.39, 0.29) is 11.6 Å². The van der Waals surface area contributed by atoms with Gasteiger partial charge in [0.1, 0.15) is 5.76 Å². The maximum atomic E-state index is 9.23. The predicted octanol–water partition coefficient (Wildman–Crippen LogP) is 2.87. The third kappa shape index (κ3) is 2.67. The summed E-state index contributed by atoms with van der Waals surface area (Å²) in [6.45, 7) is 0. The number of alkyl halides is 1. The Hall–Kier alpha value is -1.15. The molecule has 0 bridgehead atoms. The molecule has 70 valence electrons. The van der Waals surface area contributed by atoms with Crippen molar-refractivity contribution < 1.29 is 5.11 Å². The molecule has 0 aliphatic carbocycles. The van der Waals surface area contributed by atoms with E-state index in [0.717, 1.165) is 11.3 Å². The minimum atomic E-state index is 0.137. The zero-order valence-corrected chi connectivity index (χ0v) is 8.17. The highest BCUT2D eigenvalue weighted by Gasteiger charge is 1.97. The second-order valence-corrected chi connectivity index (χ2v) is 2.87. The molecule has 0 saturated carbocycles. The Kier molecular flexibility index (Phi) is 3.65. The first-order valence-electron chi connectivity index (χ1n) is 4.00. The first kappa shape index (κ1) is 9.93. The highest BCUT2D eigenvalue weighted by atomic mass is 35.5. The van der Waals surface area contributed by atoms with E-state index >= 15 is 0 Å². The van der Waals surface area contributed by atoms with Crippen molar-refractivity contribution in [3.05, 3.63) is 35.6 Å². The molecule has 0 amide bonds. The molecule has 1 rings (SSSR count). The van der Waals surface area contributed by atoms with Gasteiger partial charge < -0.3 is 10.4 Å². The summed E-state index contributed by atoms with van der Waals surface area (Å²) in [6, 6.07) is 7.69. The molecule has 0 saturated heterocycles. The molecule has 13 heavy (non-hydrogen) atoms. The predicted molar refractivity (Wildman–Crippen MR) is 57.3 cm³/mol. The average molecular weight is 198 g/mol. The minimum Gasteiger partial charge on any atom is -0.511 e. The summed E-state index contributed by atoms with van der Waals surface area (Å²) in [5.74, 6) is 0.308. The van der Waals surface area contributed by atoms with Crippen molar-refractivity contribution in [2.45, 2.75) is 0 Å². The van der Waals surface area contributed by atoms with Gasteiger partial charge in [-0.25, -0.2) is 0 Å². The van der Waals surface area contributed by atoms with Crippen molar-refractivity contribution in [1.82, 2.24) is 0 Å². The lowest BCUT2D eigenvalue weighted by atomic mass is 10.1. The Labute approximate surface area is 82.8 Å². The number of halogens is 1. The van der Waals surface area contributed by atoms with Crippen LogP contribution < -0.4 is 5.32 Å². The van der Waals surface area contributed by atoms with Crippen molar-refractivity contribution in [2.75, 3.05) is 18.2 Å². The molecule has 0 radical (unpaired) electrons. The van der Waals surface area contributed by atoms with Gasteiger partial charge in [0, 0.05) is 18.3 Å². The third-order valence-electron chi connectivity index (χ3n) is 1.69. The summed E-state index contributed by atoms with van der Waals surface area (Å²) in [5, 5.41) is 12.3. The summed E-state index contributed by atoms with van der Waals surface area (Å²) < 4.78 is 0. The molecule has 2 nitrogen and oxygen atoms in total. The lowest BCUT2D eigenvalue weighted by Crippen LogP contribution is -1.91. The first-order valence-corrected chi connectivity index (χ1v) is 4.53. The van der Waals surface area contributed by atoms with E-state index in [9.17, 15) is 5.11 Å². The van der Waals surface area contributed by atoms with Crippen LogP contribution >= 0.6 is 11.6 Å². The van der Waals surface area contributed by atoms with Crippen LogP contribution in [0, 0.1) is 0 Å². The summed E-state index contributed by atoms with van der Waals surface area (Å²) in [5.41, 5.74) is 1.90. The average Bonchev–Trinajstić information content (AvgIpc) is 2.18. The molecule has 0 unspecified atom stereocenters. The van der Waals surface area contributed by atoms with Crippen LogP contribution in [0.3, 0.4) is 0 Å². The zero-order valence-electron chi connectivity index (χ0n) is 7.42. The highest BCUT2D eigenvalue weighted by Crippen LogP contribution is 2.17. The Morgan fingerprint density at radius 3 is 2.85 bits per heavy atom. The number of nitrogens with one attached hydrogen (secondary N) is 1. The van der Waals surface area contributed by atoms with Crippen LogP contribution in [0.15, 0.2) is 30.0 Å². The lowest BCUT2D eigenvalue weighted by molar-refractivity contribution is 0.422. The van der Waals surface area contributed by atoms with Crippen LogP contribution in [0.25, 0.3) is 6.08 Å². The molecule has 0 aromatic heterocycles. The maximum absolute atomic E-state index is 9.23. The fourth-order valence-corrected chi connectivity index (χ4v) is 1.15. The number of benzene rings is 1. The monoisotopic (exact) mass is 197 g/mol. The van der Waals surface area contributed by atoms with Crippen molar-refractivity contribution in [3.8, 4) is 0 Å². The van der Waals surface area contributed by atoms with Gasteiger partial charge in [-0.1, -0.05) is 18.2 Å². The van der Waals surface area contributed by atoms with Crippen molar-refractivity contribution >= 4 is 23.4 Å². The van der Waals surface area contributed by atoms with Gasteiger partial charge >= 0.3 is 0 Å². The number of hydrogen-bond acceptors (Lipinski definition) is 2. The number of allylic oxidation sites excluding steroid dienone is 1. The summed E-state index contributed by atoms with van der Waals surface area (Å²) >= 11 is 5.46. The summed E-state index contributed by atoms with van der Waals surface area (Å²) in [4.78, 5) is 0. The lowest BCUT2D eigenvalue weighted by Gasteiger charge is -2.04. The topological polar surface area (TPSA) is 32.3 Å². The Morgan fingerprint density at radius 1 is 1.54 bits per heavy atom. The molecule has 0 atom stereocenters. The largest absolute Gasteiger partial charge is 0.511 e. The van der Waals surface area contributed by atoms with Gasteiger partial charge in [-0.2, -0.15) is 0 Å². The molecule has 0 aliphatic rings. The van der Waals surface area contributed by atoms with E-state index in [2.05, 4.69) is 5.32 Å². The standard InChI is InChI=1S/C10H12ClNO/c1-12-10-5-3-2-4-8(10)6-9(13)7-11/h2-6,12-13H,7H2,1H3/b9-6+. The van der Waals surface area contributed by atoms with E-state index in [1.54, 1.807) is 6.08 Å². The number of aliphatic hydroxyl groups excluding tert-OH is 1. The Bertz CT molecular complexity index is 310. The van der Waals surface area contributed by atoms with Gasteiger partial charge in [0.05, 0.1) is 5.88 Å². The molecule has 0 fully saturated rings. The molecule has 0 heterocycles. The van der Waals surface area contributed by atoms with Crippen molar-refractivity contribution in [2.24, 2.45) is 0 Å². The number of rotatable bonds is 3. The summed E-state index contributed by atoms with van der Waals surface area (Å²) in [7, 11) is 1.84. The fourth-order valence-electron chi connectivity index (χ4n) is 1.07. The molecular formula is C10H12ClNO. The normalized spacial score (nSPS) is 11.4. The van der Waals surface area contributed by atoms with Gasteiger partial charge in [-0.05, 0) is 12.1 Å². The van der Waals surface area contributed by atoms with Gasteiger partial charge in [-0.15, -0.1) is 11.6 Å². The van der Waals surface area contributed by atoms with Gasteiger partial charge in [0.25, 0.3) is 0 Å². The first-order chi connectivity index (χ1) is 6.27. The van der Waals surface area contributed by atoms with Crippen molar-refractivity contribution in [1.29, 1.82) is 0 Å². The Balaban J connectivity index is 2.99. The SMILES string of the molecule is CNc1ccccc1/C=C(/O)CCl. The quantitative estimate of drug-likeness (QED) is 0.577. The number of anilines is 1. The summed E-state index contributed by atoms with van der Waals surface area (Å²) in [6.07, 6.45) is 1.65. The number of hydrogen-bond donors (Lipinski definition) is 2. The molecule has 1 aromatic rings. The second kappa shape index (κ2) is 4.77. The fraction of sp³-hybridized carbons (Fsp3) is 0.200. The molecule has 3 heteroatoms. The third-order valence-corrected chi connectivity index (χ3v) is 1.96. The minimum absolute atomic E-state index is 0.137. The molecule has 2 N–H and O–H groups in total. The molecular weight excluding hydrogens is 186 g/mol. The van der Waals surface area contributed by atoms with Gasteiger partial charge in [0.15, 0.2) is 0 Å². The maximum Gasteiger partial charge on any atom is 0.108 e. The van der Waals surface area contributed by atoms with E-state index in [1.165, 1.54) is 0 Å². The number of para-hydroxylation sites is 1. The van der Waals surface area contributed by atoms with Crippen LogP contribution in [-0.4, -0.2) is 18.0 Å². The van der Waals surface area contributed by atoms with Crippen LogP contribution in [-0.2, 0) is 0 Å². The van der Waals surface area contributed by atoms with E-state index in [1.807, 2.05) is 31.3 Å². The second-order valence-electron chi connectivity index (χ2n) is 2.61. The van der Waals surface area contributed by atoms with E-state index in [0.29, 0.717) is 0 Å². The molecule has 0 spiro atoms. The molecule has 0 aliphatic heterocycles. The van der Waals surface area contributed by atoms with Crippen LogP contribution in [0.2, 0.25) is 0 Å². The van der Waals surface area contributed by atoms with Gasteiger partial charge in [0.2, 0.25) is 0 Å². The van der Waals surface area contributed by atoms with Crippen LogP contribution in [0.1, 0.15) is 5.56 Å². The van der Waals surface area contributed by atoms with Gasteiger partial charge in [-0.3, -0.25) is 0 Å². The van der Waals surface area contributed by atoms with E-state index in [4.69, 9.17) is 11.6 Å². The Morgan fingerprint density at radius 2 is 2.23 bits per heavy atom.